The number of hydrogen-bond donors (Lipinski definition) is 2. The molecule has 1 aromatic carbocycles. The number of carbonyl (C=O) groups excluding carboxylic acids is 3. The highest BCUT2D eigenvalue weighted by molar-refractivity contribution is 5.97. The minimum absolute atomic E-state index is 0.0441. The van der Waals surface area contributed by atoms with E-state index < -0.39 is 6.04 Å². The molecule has 1 aromatic rings. The third-order valence-electron chi connectivity index (χ3n) is 7.36. The molecule has 2 atom stereocenters. The molecule has 2 aliphatic carbocycles. The van der Waals surface area contributed by atoms with E-state index in [0.717, 1.165) is 50.6 Å². The zero-order chi connectivity index (χ0) is 22.5. The van der Waals surface area contributed by atoms with E-state index in [9.17, 15) is 14.4 Å². The first kappa shape index (κ1) is 23.0. The summed E-state index contributed by atoms with van der Waals surface area (Å²) in [6, 6.07) is 7.89. The van der Waals surface area contributed by atoms with Crippen LogP contribution in [-0.4, -0.2) is 54.2 Å². The quantitative estimate of drug-likeness (QED) is 0.651. The number of ketones is 1. The van der Waals surface area contributed by atoms with Crippen LogP contribution in [0.4, 0.5) is 0 Å². The molecule has 1 unspecified atom stereocenters. The number of Topliss-reactive ketones (excluding diaryl/α,β-unsaturated/α-hetero) is 1. The number of likely N-dealkylation sites (tertiary alicyclic amines) is 1. The standard InChI is InChI=1S/C26H37N3O3/c1-18(30)25(19-7-3-2-4-8-19)28-26(32)21-10-5-9-20(15-21)22-11-6-14-29(17-22)24(31)16-27-23-12-13-23/h5,9-10,15,19,22-23,25,27H,2-4,6-8,11-14,16-17H2,1H3,(H,28,32)/t22?,25-/m0/s1. The van der Waals surface area contributed by atoms with Crippen molar-refractivity contribution in [1.82, 2.24) is 15.5 Å². The van der Waals surface area contributed by atoms with E-state index in [1.165, 1.54) is 19.3 Å². The number of hydrogen-bond acceptors (Lipinski definition) is 4. The predicted octanol–water partition coefficient (Wildman–Crippen LogP) is 3.41. The summed E-state index contributed by atoms with van der Waals surface area (Å²) in [5.41, 5.74) is 1.70. The molecule has 1 saturated heterocycles. The molecular formula is C26H37N3O3. The van der Waals surface area contributed by atoms with Gasteiger partial charge in [0.25, 0.3) is 5.91 Å². The van der Waals surface area contributed by atoms with Crippen LogP contribution in [0.2, 0.25) is 0 Å². The smallest absolute Gasteiger partial charge is 0.251 e. The van der Waals surface area contributed by atoms with Gasteiger partial charge in [-0.05, 0) is 69.1 Å². The first-order valence-corrected chi connectivity index (χ1v) is 12.4. The first-order chi connectivity index (χ1) is 15.5. The van der Waals surface area contributed by atoms with Crippen molar-refractivity contribution in [3.63, 3.8) is 0 Å². The van der Waals surface area contributed by atoms with Crippen molar-refractivity contribution < 1.29 is 14.4 Å². The molecule has 0 bridgehead atoms. The van der Waals surface area contributed by atoms with E-state index in [4.69, 9.17) is 0 Å². The number of amides is 2. The number of nitrogens with zero attached hydrogens (tertiary/aromatic N) is 1. The van der Waals surface area contributed by atoms with Crippen molar-refractivity contribution in [3.05, 3.63) is 35.4 Å². The average molecular weight is 440 g/mol. The van der Waals surface area contributed by atoms with Crippen molar-refractivity contribution in [2.45, 2.75) is 82.7 Å². The lowest BCUT2D eigenvalue weighted by atomic mass is 9.82. The Hall–Kier alpha value is -2.21. The lowest BCUT2D eigenvalue weighted by molar-refractivity contribution is -0.131. The second kappa shape index (κ2) is 10.6. The fraction of sp³-hybridized carbons (Fsp3) is 0.654. The zero-order valence-corrected chi connectivity index (χ0v) is 19.3. The van der Waals surface area contributed by atoms with Gasteiger partial charge in [-0.15, -0.1) is 0 Å². The molecule has 0 spiro atoms. The number of rotatable bonds is 8. The maximum Gasteiger partial charge on any atom is 0.251 e. The van der Waals surface area contributed by atoms with Gasteiger partial charge in [-0.2, -0.15) is 0 Å². The summed E-state index contributed by atoms with van der Waals surface area (Å²) in [5, 5.41) is 6.35. The van der Waals surface area contributed by atoms with Gasteiger partial charge in [0, 0.05) is 30.6 Å². The first-order valence-electron chi connectivity index (χ1n) is 12.4. The van der Waals surface area contributed by atoms with Crippen molar-refractivity contribution in [3.8, 4) is 0 Å². The van der Waals surface area contributed by atoms with Crippen LogP contribution < -0.4 is 10.6 Å². The normalized spacial score (nSPS) is 22.9. The molecule has 4 rings (SSSR count). The molecule has 1 aliphatic heterocycles. The van der Waals surface area contributed by atoms with Crippen molar-refractivity contribution in [1.29, 1.82) is 0 Å². The molecule has 3 fully saturated rings. The number of carbonyl (C=O) groups is 3. The van der Waals surface area contributed by atoms with Crippen molar-refractivity contribution >= 4 is 17.6 Å². The largest absolute Gasteiger partial charge is 0.342 e. The summed E-state index contributed by atoms with van der Waals surface area (Å²) >= 11 is 0. The van der Waals surface area contributed by atoms with Gasteiger partial charge in [0.2, 0.25) is 5.91 Å². The maximum absolute atomic E-state index is 13.0. The van der Waals surface area contributed by atoms with Gasteiger partial charge in [-0.3, -0.25) is 14.4 Å². The van der Waals surface area contributed by atoms with Gasteiger partial charge in [-0.1, -0.05) is 31.4 Å². The third-order valence-corrected chi connectivity index (χ3v) is 7.36. The fourth-order valence-corrected chi connectivity index (χ4v) is 5.28. The summed E-state index contributed by atoms with van der Waals surface area (Å²) in [4.78, 5) is 39.8. The van der Waals surface area contributed by atoms with E-state index in [-0.39, 0.29) is 29.4 Å². The second-order valence-corrected chi connectivity index (χ2v) is 9.92. The van der Waals surface area contributed by atoms with Crippen LogP contribution in [0.25, 0.3) is 0 Å². The molecule has 0 aromatic heterocycles. The molecule has 2 saturated carbocycles. The van der Waals surface area contributed by atoms with Gasteiger partial charge in [0.15, 0.2) is 5.78 Å². The molecule has 6 heteroatoms. The predicted molar refractivity (Wildman–Crippen MR) is 125 cm³/mol. The highest BCUT2D eigenvalue weighted by atomic mass is 16.2. The van der Waals surface area contributed by atoms with Crippen molar-refractivity contribution in [2.24, 2.45) is 5.92 Å². The van der Waals surface area contributed by atoms with Gasteiger partial charge < -0.3 is 15.5 Å². The Morgan fingerprint density at radius 1 is 1.03 bits per heavy atom. The SMILES string of the molecule is CC(=O)[C@H](NC(=O)c1cccc(C2CCCN(C(=O)CNC3CC3)C2)c1)C1CCCCC1. The van der Waals surface area contributed by atoms with Gasteiger partial charge in [0.05, 0.1) is 12.6 Å². The van der Waals surface area contributed by atoms with Crippen LogP contribution in [0.3, 0.4) is 0 Å². The fourth-order valence-electron chi connectivity index (χ4n) is 5.28. The van der Waals surface area contributed by atoms with Crippen LogP contribution in [0.15, 0.2) is 24.3 Å². The number of benzene rings is 1. The van der Waals surface area contributed by atoms with Crippen LogP contribution in [0.5, 0.6) is 0 Å². The number of piperidine rings is 1. The molecule has 1 heterocycles. The van der Waals surface area contributed by atoms with Crippen molar-refractivity contribution in [2.75, 3.05) is 19.6 Å². The highest BCUT2D eigenvalue weighted by Gasteiger charge is 2.30. The lowest BCUT2D eigenvalue weighted by Crippen LogP contribution is -2.45. The van der Waals surface area contributed by atoms with E-state index >= 15 is 0 Å². The van der Waals surface area contributed by atoms with E-state index in [1.807, 2.05) is 23.1 Å². The second-order valence-electron chi connectivity index (χ2n) is 9.92. The topological polar surface area (TPSA) is 78.5 Å². The zero-order valence-electron chi connectivity index (χ0n) is 19.3. The minimum Gasteiger partial charge on any atom is -0.342 e. The summed E-state index contributed by atoms with van der Waals surface area (Å²) in [6.45, 7) is 3.52. The molecule has 6 nitrogen and oxygen atoms in total. The van der Waals surface area contributed by atoms with Gasteiger partial charge in [0.1, 0.15) is 0 Å². The lowest BCUT2D eigenvalue weighted by Gasteiger charge is -2.33. The summed E-state index contributed by atoms with van der Waals surface area (Å²) in [6.07, 6.45) is 9.84. The highest BCUT2D eigenvalue weighted by Crippen LogP contribution is 2.29. The molecule has 32 heavy (non-hydrogen) atoms. The van der Waals surface area contributed by atoms with Crippen LogP contribution in [0, 0.1) is 5.92 Å². The number of nitrogens with one attached hydrogen (secondary N) is 2. The molecule has 174 valence electrons. The molecular weight excluding hydrogens is 402 g/mol. The molecule has 3 aliphatic rings. The van der Waals surface area contributed by atoms with Gasteiger partial charge in [-0.25, -0.2) is 0 Å². The van der Waals surface area contributed by atoms with Crippen LogP contribution >= 0.6 is 0 Å². The Balaban J connectivity index is 1.38. The Bertz CT molecular complexity index is 829. The Morgan fingerprint density at radius 2 is 1.81 bits per heavy atom. The molecule has 2 amide bonds. The maximum atomic E-state index is 13.0. The minimum atomic E-state index is -0.395. The summed E-state index contributed by atoms with van der Waals surface area (Å²) in [5.74, 6) is 0.531. The average Bonchev–Trinajstić information content (AvgIpc) is 3.66. The third kappa shape index (κ3) is 5.97. The van der Waals surface area contributed by atoms with E-state index in [0.29, 0.717) is 24.7 Å². The Morgan fingerprint density at radius 3 is 2.53 bits per heavy atom. The molecule has 0 radical (unpaired) electrons. The van der Waals surface area contributed by atoms with Crippen LogP contribution in [0.1, 0.15) is 86.6 Å². The Labute approximate surface area is 191 Å². The van der Waals surface area contributed by atoms with Crippen LogP contribution in [-0.2, 0) is 9.59 Å². The van der Waals surface area contributed by atoms with E-state index in [1.54, 1.807) is 6.92 Å². The van der Waals surface area contributed by atoms with Gasteiger partial charge >= 0.3 is 0 Å². The summed E-state index contributed by atoms with van der Waals surface area (Å²) < 4.78 is 0. The molecule has 2 N–H and O–H groups in total. The monoisotopic (exact) mass is 439 g/mol. The van der Waals surface area contributed by atoms with E-state index in [2.05, 4.69) is 16.7 Å². The Kier molecular flexibility index (Phi) is 7.61. The summed E-state index contributed by atoms with van der Waals surface area (Å²) in [7, 11) is 0.